The molecule has 0 heterocycles. The Morgan fingerprint density at radius 2 is 1.50 bits per heavy atom. The van der Waals surface area contributed by atoms with Crippen molar-refractivity contribution in [1.82, 2.24) is 5.32 Å². The van der Waals surface area contributed by atoms with Crippen LogP contribution in [0, 0.1) is 0 Å². The standard InChI is InChI=1S/C22H22Br3NO4/c23-22(24,25)14-30-20(27)11-5-6-12-26-21(28)29-13-19-17-9-3-1-7-15(17)16-8-2-4-10-18(16)19/h1-4,7-10,19H,5-6,11-14H2,(H,26,28). The molecule has 0 spiro atoms. The van der Waals surface area contributed by atoms with Crippen LogP contribution in [0.2, 0.25) is 0 Å². The van der Waals surface area contributed by atoms with Crippen molar-refractivity contribution >= 4 is 59.9 Å². The second-order valence-electron chi connectivity index (χ2n) is 6.99. The van der Waals surface area contributed by atoms with E-state index in [0.717, 1.165) is 0 Å². The molecule has 0 saturated carbocycles. The maximum Gasteiger partial charge on any atom is 0.407 e. The van der Waals surface area contributed by atoms with Gasteiger partial charge in [-0.25, -0.2) is 4.79 Å². The van der Waals surface area contributed by atoms with Gasteiger partial charge in [-0.3, -0.25) is 4.79 Å². The summed E-state index contributed by atoms with van der Waals surface area (Å²) in [5.74, 6) is -0.234. The molecule has 0 saturated heterocycles. The molecule has 2 aromatic rings. The molecule has 8 heteroatoms. The van der Waals surface area contributed by atoms with Crippen molar-refractivity contribution in [2.45, 2.75) is 27.3 Å². The molecular formula is C22H22Br3NO4. The van der Waals surface area contributed by atoms with Gasteiger partial charge in [-0.2, -0.15) is 0 Å². The molecule has 160 valence electrons. The van der Waals surface area contributed by atoms with Gasteiger partial charge in [0, 0.05) is 18.9 Å². The fourth-order valence-electron chi connectivity index (χ4n) is 3.47. The van der Waals surface area contributed by atoms with Crippen molar-refractivity contribution in [2.75, 3.05) is 19.8 Å². The quantitative estimate of drug-likeness (QED) is 0.226. The van der Waals surface area contributed by atoms with E-state index in [-0.39, 0.29) is 18.5 Å². The highest BCUT2D eigenvalue weighted by Gasteiger charge is 2.28. The molecule has 0 bridgehead atoms. The monoisotopic (exact) mass is 601 g/mol. The molecule has 3 rings (SSSR count). The molecule has 1 aliphatic carbocycles. The van der Waals surface area contributed by atoms with E-state index in [0.29, 0.717) is 32.4 Å². The maximum atomic E-state index is 12.1. The molecule has 2 aromatic carbocycles. The van der Waals surface area contributed by atoms with E-state index < -0.39 is 8.24 Å². The molecule has 1 aliphatic rings. The fraction of sp³-hybridized carbons (Fsp3) is 0.364. The van der Waals surface area contributed by atoms with Gasteiger partial charge in [0.05, 0.1) is 0 Å². The van der Waals surface area contributed by atoms with Gasteiger partial charge in [0.1, 0.15) is 13.2 Å². The Labute approximate surface area is 201 Å². The van der Waals surface area contributed by atoms with Crippen LogP contribution < -0.4 is 5.32 Å². The van der Waals surface area contributed by atoms with E-state index in [9.17, 15) is 9.59 Å². The summed E-state index contributed by atoms with van der Waals surface area (Å²) in [6.45, 7) is 0.909. The molecular weight excluding hydrogens is 582 g/mol. The number of hydrogen-bond donors (Lipinski definition) is 1. The Balaban J connectivity index is 1.38. The Morgan fingerprint density at radius 1 is 0.900 bits per heavy atom. The van der Waals surface area contributed by atoms with E-state index in [1.54, 1.807) is 0 Å². The summed E-state index contributed by atoms with van der Waals surface area (Å²) in [7, 11) is 0. The number of alkyl carbamates (subject to hydrolysis) is 1. The van der Waals surface area contributed by atoms with Crippen molar-refractivity contribution in [1.29, 1.82) is 0 Å². The van der Waals surface area contributed by atoms with E-state index in [4.69, 9.17) is 9.47 Å². The topological polar surface area (TPSA) is 64.6 Å². The summed E-state index contributed by atoms with van der Waals surface area (Å²) in [5.41, 5.74) is 4.77. The smallest absolute Gasteiger partial charge is 0.407 e. The van der Waals surface area contributed by atoms with E-state index in [1.165, 1.54) is 22.3 Å². The summed E-state index contributed by atoms with van der Waals surface area (Å²) >= 11 is 9.80. The number of alkyl halides is 3. The van der Waals surface area contributed by atoms with Gasteiger partial charge in [-0.15, -0.1) is 0 Å². The zero-order valence-corrected chi connectivity index (χ0v) is 21.0. The van der Waals surface area contributed by atoms with E-state index in [1.807, 2.05) is 24.3 Å². The molecule has 0 radical (unpaired) electrons. The van der Waals surface area contributed by atoms with Gasteiger partial charge in [0.25, 0.3) is 0 Å². The van der Waals surface area contributed by atoms with Gasteiger partial charge in [-0.1, -0.05) is 96.3 Å². The molecule has 0 fully saturated rings. The Hall–Kier alpha value is -1.38. The van der Waals surface area contributed by atoms with Crippen LogP contribution in [0.5, 0.6) is 0 Å². The highest BCUT2D eigenvalue weighted by molar-refractivity contribution is 9.39. The number of ether oxygens (including phenoxy) is 2. The number of halogens is 3. The highest BCUT2D eigenvalue weighted by atomic mass is 80.0. The highest BCUT2D eigenvalue weighted by Crippen LogP contribution is 2.44. The number of nitrogens with one attached hydrogen (secondary N) is 1. The summed E-state index contributed by atoms with van der Waals surface area (Å²) in [6.07, 6.45) is 1.15. The lowest BCUT2D eigenvalue weighted by atomic mass is 9.98. The lowest BCUT2D eigenvalue weighted by molar-refractivity contribution is -0.143. The Bertz CT molecular complexity index is 852. The van der Waals surface area contributed by atoms with Crippen molar-refractivity contribution in [2.24, 2.45) is 0 Å². The predicted molar refractivity (Wildman–Crippen MR) is 127 cm³/mol. The normalized spacial score (nSPS) is 12.8. The van der Waals surface area contributed by atoms with Crippen LogP contribution in [-0.4, -0.2) is 34.0 Å². The Kier molecular flexibility index (Phi) is 8.36. The van der Waals surface area contributed by atoms with Crippen molar-refractivity contribution in [3.8, 4) is 11.1 Å². The number of unbranched alkanes of at least 4 members (excludes halogenated alkanes) is 1. The number of carbonyl (C=O) groups is 2. The molecule has 0 aliphatic heterocycles. The second-order valence-corrected chi connectivity index (χ2v) is 14.2. The first kappa shape index (κ1) is 23.3. The van der Waals surface area contributed by atoms with Crippen molar-refractivity contribution in [3.63, 3.8) is 0 Å². The van der Waals surface area contributed by atoms with Gasteiger partial charge in [0.2, 0.25) is 0 Å². The molecule has 0 aromatic heterocycles. The number of amides is 1. The van der Waals surface area contributed by atoms with Gasteiger partial charge >= 0.3 is 12.1 Å². The second kappa shape index (κ2) is 10.8. The van der Waals surface area contributed by atoms with Crippen LogP contribution >= 0.6 is 47.8 Å². The lowest BCUT2D eigenvalue weighted by Crippen LogP contribution is -2.27. The van der Waals surface area contributed by atoms with Crippen molar-refractivity contribution < 1.29 is 19.1 Å². The first-order valence-corrected chi connectivity index (χ1v) is 12.0. The number of rotatable bonds is 8. The summed E-state index contributed by atoms with van der Waals surface area (Å²) in [5, 5.41) is 2.75. The van der Waals surface area contributed by atoms with Gasteiger partial charge in [0.15, 0.2) is 2.14 Å². The van der Waals surface area contributed by atoms with E-state index in [2.05, 4.69) is 77.4 Å². The third-order valence-corrected chi connectivity index (χ3v) is 5.50. The summed E-state index contributed by atoms with van der Waals surface area (Å²) < 4.78 is 9.99. The van der Waals surface area contributed by atoms with Crippen LogP contribution in [0.4, 0.5) is 4.79 Å². The molecule has 1 N–H and O–H groups in total. The van der Waals surface area contributed by atoms with Gasteiger partial charge < -0.3 is 14.8 Å². The lowest BCUT2D eigenvalue weighted by Gasteiger charge is -2.14. The van der Waals surface area contributed by atoms with Crippen LogP contribution in [0.25, 0.3) is 11.1 Å². The average molecular weight is 604 g/mol. The first-order chi connectivity index (χ1) is 14.3. The summed E-state index contributed by atoms with van der Waals surface area (Å²) in [4.78, 5) is 23.7. The van der Waals surface area contributed by atoms with Crippen LogP contribution in [-0.2, 0) is 14.3 Å². The molecule has 0 unspecified atom stereocenters. The minimum absolute atomic E-state index is 0.0448. The predicted octanol–water partition coefficient (Wildman–Crippen LogP) is 6.08. The third-order valence-electron chi connectivity index (χ3n) is 4.82. The molecule has 5 nitrogen and oxygen atoms in total. The van der Waals surface area contributed by atoms with Crippen LogP contribution in [0.15, 0.2) is 48.5 Å². The Morgan fingerprint density at radius 3 is 2.10 bits per heavy atom. The SMILES string of the molecule is O=C(CCCCNC(=O)OCC1c2ccccc2-c2ccccc21)OCC(Br)(Br)Br. The van der Waals surface area contributed by atoms with E-state index >= 15 is 0 Å². The fourth-order valence-corrected chi connectivity index (χ4v) is 3.81. The minimum atomic E-state index is -0.589. The number of carbonyl (C=O) groups excluding carboxylic acids is 2. The maximum absolute atomic E-state index is 12.1. The molecule has 30 heavy (non-hydrogen) atoms. The number of fused-ring (bicyclic) bond motifs is 3. The van der Waals surface area contributed by atoms with Crippen LogP contribution in [0.1, 0.15) is 36.3 Å². The number of hydrogen-bond acceptors (Lipinski definition) is 4. The molecule has 1 amide bonds. The zero-order chi connectivity index (χ0) is 21.6. The first-order valence-electron chi connectivity index (χ1n) is 9.66. The van der Waals surface area contributed by atoms with Crippen LogP contribution in [0.3, 0.4) is 0 Å². The van der Waals surface area contributed by atoms with Gasteiger partial charge in [-0.05, 0) is 35.1 Å². The average Bonchev–Trinajstić information content (AvgIpc) is 3.04. The number of benzene rings is 2. The zero-order valence-electron chi connectivity index (χ0n) is 16.2. The van der Waals surface area contributed by atoms with Crippen molar-refractivity contribution in [3.05, 3.63) is 59.7 Å². The molecule has 0 atom stereocenters. The summed E-state index contributed by atoms with van der Waals surface area (Å²) in [6, 6.07) is 16.5. The largest absolute Gasteiger partial charge is 0.462 e. The number of esters is 1. The third kappa shape index (κ3) is 6.56. The minimum Gasteiger partial charge on any atom is -0.462 e.